The lowest BCUT2D eigenvalue weighted by molar-refractivity contribution is -0.117. The minimum absolute atomic E-state index is 0.0568. The monoisotopic (exact) mass is 522 g/mol. The maximum atomic E-state index is 13.0. The Morgan fingerprint density at radius 3 is 2.64 bits per heavy atom. The first-order valence-electron chi connectivity index (χ1n) is 11.3. The van der Waals surface area contributed by atoms with E-state index in [1.54, 1.807) is 55.0 Å². The highest BCUT2D eigenvalue weighted by Crippen LogP contribution is 2.32. The van der Waals surface area contributed by atoms with Crippen molar-refractivity contribution in [3.63, 3.8) is 0 Å². The Hall–Kier alpha value is -3.81. The van der Waals surface area contributed by atoms with Crippen molar-refractivity contribution < 1.29 is 14.0 Å². The van der Waals surface area contributed by atoms with Crippen LogP contribution in [0.2, 0.25) is 10.0 Å². The summed E-state index contributed by atoms with van der Waals surface area (Å²) in [5, 5.41) is 6.56. The standard InChI is InChI=1S/C27H24Cl2N4O3/c1-18-3-5-19(6-4-18)26(34)32-24(27(35)31-11-2-13-33-14-12-30-17-33)16-21-8-10-25(36-21)22-15-20(28)7-9-23(22)29/h3-10,12,14-17H,2,11,13H2,1H3,(H,31,35)(H,32,34)/b24-16+. The normalized spacial score (nSPS) is 11.4. The number of amides is 2. The fraction of sp³-hybridized carbons (Fsp3) is 0.148. The number of hydrogen-bond donors (Lipinski definition) is 2. The summed E-state index contributed by atoms with van der Waals surface area (Å²) in [5.41, 5.74) is 2.14. The Morgan fingerprint density at radius 1 is 1.08 bits per heavy atom. The van der Waals surface area contributed by atoms with E-state index in [1.807, 2.05) is 29.8 Å². The van der Waals surface area contributed by atoms with Crippen LogP contribution in [0.5, 0.6) is 0 Å². The smallest absolute Gasteiger partial charge is 0.267 e. The lowest BCUT2D eigenvalue weighted by atomic mass is 10.1. The molecule has 0 aliphatic carbocycles. The van der Waals surface area contributed by atoms with Gasteiger partial charge in [-0.1, -0.05) is 40.9 Å². The van der Waals surface area contributed by atoms with Gasteiger partial charge in [0.1, 0.15) is 17.2 Å². The SMILES string of the molecule is Cc1ccc(C(=O)N/C(=C/c2ccc(-c3cc(Cl)ccc3Cl)o2)C(=O)NCCCn2ccnc2)cc1. The van der Waals surface area contributed by atoms with Gasteiger partial charge in [-0.2, -0.15) is 0 Å². The molecule has 9 heteroatoms. The number of halogens is 2. The largest absolute Gasteiger partial charge is 0.457 e. The number of aromatic nitrogens is 2. The van der Waals surface area contributed by atoms with Gasteiger partial charge in [-0.25, -0.2) is 4.98 Å². The summed E-state index contributed by atoms with van der Waals surface area (Å²) in [4.78, 5) is 29.9. The number of carbonyl (C=O) groups is 2. The molecule has 2 N–H and O–H groups in total. The average molecular weight is 523 g/mol. The number of nitrogens with zero attached hydrogens (tertiary/aromatic N) is 2. The van der Waals surface area contributed by atoms with E-state index in [1.165, 1.54) is 6.08 Å². The Kier molecular flexibility index (Phi) is 8.25. The van der Waals surface area contributed by atoms with Crippen molar-refractivity contribution in [3.8, 4) is 11.3 Å². The molecule has 2 amide bonds. The predicted octanol–water partition coefficient (Wildman–Crippen LogP) is 5.74. The van der Waals surface area contributed by atoms with E-state index in [0.717, 1.165) is 5.56 Å². The summed E-state index contributed by atoms with van der Waals surface area (Å²) in [6.07, 6.45) is 7.46. The van der Waals surface area contributed by atoms with Crippen molar-refractivity contribution >= 4 is 41.1 Å². The zero-order valence-electron chi connectivity index (χ0n) is 19.5. The summed E-state index contributed by atoms with van der Waals surface area (Å²) >= 11 is 12.4. The molecule has 36 heavy (non-hydrogen) atoms. The lowest BCUT2D eigenvalue weighted by Gasteiger charge is -2.11. The van der Waals surface area contributed by atoms with E-state index < -0.39 is 11.8 Å². The fourth-order valence-corrected chi connectivity index (χ4v) is 3.82. The van der Waals surface area contributed by atoms with Crippen LogP contribution in [0.4, 0.5) is 0 Å². The molecule has 0 radical (unpaired) electrons. The molecule has 4 aromatic rings. The van der Waals surface area contributed by atoms with Crippen LogP contribution in [0, 0.1) is 6.92 Å². The Balaban J connectivity index is 1.53. The van der Waals surface area contributed by atoms with E-state index in [2.05, 4.69) is 15.6 Å². The van der Waals surface area contributed by atoms with Crippen LogP contribution in [-0.4, -0.2) is 27.9 Å². The lowest BCUT2D eigenvalue weighted by Crippen LogP contribution is -2.35. The molecule has 4 rings (SSSR count). The van der Waals surface area contributed by atoms with Gasteiger partial charge in [0, 0.05) is 47.7 Å². The van der Waals surface area contributed by atoms with Gasteiger partial charge in [-0.15, -0.1) is 0 Å². The van der Waals surface area contributed by atoms with Gasteiger partial charge in [-0.3, -0.25) is 9.59 Å². The quantitative estimate of drug-likeness (QED) is 0.217. The molecule has 2 aromatic heterocycles. The van der Waals surface area contributed by atoms with Gasteiger partial charge in [0.2, 0.25) is 0 Å². The van der Waals surface area contributed by atoms with Crippen molar-refractivity contribution in [2.45, 2.75) is 19.9 Å². The number of imidazole rings is 1. The van der Waals surface area contributed by atoms with Gasteiger partial charge in [0.25, 0.3) is 11.8 Å². The van der Waals surface area contributed by atoms with Crippen molar-refractivity contribution in [2.75, 3.05) is 6.54 Å². The van der Waals surface area contributed by atoms with E-state index >= 15 is 0 Å². The molecule has 0 unspecified atom stereocenters. The van der Waals surface area contributed by atoms with Gasteiger partial charge in [0.05, 0.1) is 11.3 Å². The molecule has 0 spiro atoms. The summed E-state index contributed by atoms with van der Waals surface area (Å²) < 4.78 is 7.83. The Labute approximate surface area is 218 Å². The minimum atomic E-state index is -0.431. The van der Waals surface area contributed by atoms with Crippen molar-refractivity contribution in [2.24, 2.45) is 0 Å². The van der Waals surface area contributed by atoms with Crippen molar-refractivity contribution in [1.29, 1.82) is 0 Å². The van der Waals surface area contributed by atoms with Crippen molar-refractivity contribution in [1.82, 2.24) is 20.2 Å². The Bertz CT molecular complexity index is 1380. The molecule has 184 valence electrons. The number of furan rings is 1. The molecule has 0 bridgehead atoms. The van der Waals surface area contributed by atoms with Crippen LogP contribution in [0.25, 0.3) is 17.4 Å². The van der Waals surface area contributed by atoms with Gasteiger partial charge in [-0.05, 0) is 55.8 Å². The fourth-order valence-electron chi connectivity index (χ4n) is 3.44. The van der Waals surface area contributed by atoms with E-state index in [9.17, 15) is 9.59 Å². The van der Waals surface area contributed by atoms with Crippen LogP contribution in [0.15, 0.2) is 83.4 Å². The first kappa shape index (κ1) is 25.3. The highest BCUT2D eigenvalue weighted by molar-refractivity contribution is 6.35. The van der Waals surface area contributed by atoms with Crippen molar-refractivity contribution in [3.05, 3.63) is 106 Å². The van der Waals surface area contributed by atoms with Crippen LogP contribution in [0.3, 0.4) is 0 Å². The number of carbonyl (C=O) groups excluding carboxylic acids is 2. The third-order valence-electron chi connectivity index (χ3n) is 5.35. The summed E-state index contributed by atoms with van der Waals surface area (Å²) in [6, 6.07) is 15.6. The molecule has 2 aromatic carbocycles. The number of benzene rings is 2. The maximum absolute atomic E-state index is 13.0. The summed E-state index contributed by atoms with van der Waals surface area (Å²) in [5.74, 6) is 0.0202. The van der Waals surface area contributed by atoms with E-state index in [4.69, 9.17) is 27.6 Å². The average Bonchev–Trinajstić information content (AvgIpc) is 3.55. The third kappa shape index (κ3) is 6.65. The summed E-state index contributed by atoms with van der Waals surface area (Å²) in [7, 11) is 0. The molecule has 0 saturated heterocycles. The zero-order chi connectivity index (χ0) is 25.5. The molecular weight excluding hydrogens is 499 g/mol. The molecule has 2 heterocycles. The highest BCUT2D eigenvalue weighted by Gasteiger charge is 2.16. The van der Waals surface area contributed by atoms with E-state index in [0.29, 0.717) is 52.2 Å². The Morgan fingerprint density at radius 2 is 1.89 bits per heavy atom. The second-order valence-electron chi connectivity index (χ2n) is 8.11. The van der Waals surface area contributed by atoms with Gasteiger partial charge in [0.15, 0.2) is 0 Å². The first-order chi connectivity index (χ1) is 17.4. The first-order valence-corrected chi connectivity index (χ1v) is 12.0. The molecular formula is C27H24Cl2N4O3. The predicted molar refractivity (Wildman–Crippen MR) is 141 cm³/mol. The second kappa shape index (κ2) is 11.7. The molecule has 7 nitrogen and oxygen atoms in total. The maximum Gasteiger partial charge on any atom is 0.267 e. The van der Waals surface area contributed by atoms with Crippen LogP contribution in [0.1, 0.15) is 28.1 Å². The minimum Gasteiger partial charge on any atom is -0.457 e. The number of hydrogen-bond acceptors (Lipinski definition) is 4. The summed E-state index contributed by atoms with van der Waals surface area (Å²) in [6.45, 7) is 3.05. The molecule has 0 aliphatic rings. The van der Waals surface area contributed by atoms with E-state index in [-0.39, 0.29) is 5.70 Å². The molecule has 0 aliphatic heterocycles. The molecule has 0 fully saturated rings. The van der Waals surface area contributed by atoms with Gasteiger partial charge >= 0.3 is 0 Å². The third-order valence-corrected chi connectivity index (χ3v) is 5.92. The molecule has 0 saturated carbocycles. The number of nitrogens with one attached hydrogen (secondary N) is 2. The van der Waals surface area contributed by atoms with Crippen LogP contribution >= 0.6 is 23.2 Å². The topological polar surface area (TPSA) is 89.2 Å². The van der Waals surface area contributed by atoms with Crippen LogP contribution < -0.4 is 10.6 Å². The zero-order valence-corrected chi connectivity index (χ0v) is 21.0. The van der Waals surface area contributed by atoms with Gasteiger partial charge < -0.3 is 19.6 Å². The second-order valence-corrected chi connectivity index (χ2v) is 8.96. The number of aryl methyl sites for hydroxylation is 2. The highest BCUT2D eigenvalue weighted by atomic mass is 35.5. The number of rotatable bonds is 9. The van der Waals surface area contributed by atoms with Crippen LogP contribution in [-0.2, 0) is 11.3 Å². The molecule has 0 atom stereocenters.